The molecule has 0 unspecified atom stereocenters. The normalized spacial score (nSPS) is 19.1. The minimum atomic E-state index is -2.35. The van der Waals surface area contributed by atoms with Crippen molar-refractivity contribution in [3.8, 4) is 11.5 Å². The monoisotopic (exact) mass is 570 g/mol. The quantitative estimate of drug-likeness (QED) is 0.343. The lowest BCUT2D eigenvalue weighted by Crippen LogP contribution is -2.54. The molecule has 0 radical (unpaired) electrons. The standard InChI is InChI=1S/C25H38N2O9SSi/c1-9-34-22(29)17-13-37-12-15-19(36-38(7,8)25(3,4)5)10-18(33-6)14(2)20(15)23(30)35-11-16(21(28)26-17)27-24(31)32/h10,16-17,27H,9,11-13H2,1-8H3,(H,26,28)(H,31,32)/t16-,17-/m0/s1. The summed E-state index contributed by atoms with van der Waals surface area (Å²) >= 11 is 1.30. The van der Waals surface area contributed by atoms with Crippen LogP contribution in [0.25, 0.3) is 0 Å². The van der Waals surface area contributed by atoms with Gasteiger partial charge in [0, 0.05) is 28.7 Å². The summed E-state index contributed by atoms with van der Waals surface area (Å²) in [4.78, 5) is 50.1. The van der Waals surface area contributed by atoms with Crippen molar-refractivity contribution in [2.75, 3.05) is 26.1 Å². The van der Waals surface area contributed by atoms with Gasteiger partial charge in [-0.1, -0.05) is 20.8 Å². The van der Waals surface area contributed by atoms with Gasteiger partial charge < -0.3 is 34.4 Å². The molecule has 0 aromatic heterocycles. The van der Waals surface area contributed by atoms with E-state index in [-0.39, 0.29) is 28.7 Å². The van der Waals surface area contributed by atoms with Crippen LogP contribution in [-0.4, -0.2) is 75.5 Å². The topological polar surface area (TPSA) is 149 Å². The molecule has 3 N–H and O–H groups in total. The molecule has 38 heavy (non-hydrogen) atoms. The second-order valence-corrected chi connectivity index (χ2v) is 16.1. The van der Waals surface area contributed by atoms with Gasteiger partial charge in [-0.3, -0.25) is 4.79 Å². The highest BCUT2D eigenvalue weighted by atomic mass is 32.2. The first-order chi connectivity index (χ1) is 17.6. The summed E-state index contributed by atoms with van der Waals surface area (Å²) in [7, 11) is -0.866. The maximum Gasteiger partial charge on any atom is 0.405 e. The van der Waals surface area contributed by atoms with Gasteiger partial charge in [-0.15, -0.1) is 0 Å². The summed E-state index contributed by atoms with van der Waals surface area (Å²) in [6, 6.07) is -0.739. The first-order valence-corrected chi connectivity index (χ1v) is 16.3. The Morgan fingerprint density at radius 2 is 1.92 bits per heavy atom. The first-order valence-electron chi connectivity index (χ1n) is 12.2. The molecule has 0 aliphatic carbocycles. The number of thioether (sulfide) groups is 1. The highest BCUT2D eigenvalue weighted by molar-refractivity contribution is 7.98. The number of cyclic esters (lactones) is 1. The number of carbonyl (C=O) groups is 4. The Bertz CT molecular complexity index is 1070. The van der Waals surface area contributed by atoms with E-state index in [0.717, 1.165) is 0 Å². The van der Waals surface area contributed by atoms with Crippen LogP contribution in [0.4, 0.5) is 4.79 Å². The molecule has 11 nitrogen and oxygen atoms in total. The number of nitrogens with one attached hydrogen (secondary N) is 2. The molecule has 1 heterocycles. The molecule has 1 aromatic carbocycles. The molecule has 0 fully saturated rings. The van der Waals surface area contributed by atoms with Crippen LogP contribution >= 0.6 is 11.8 Å². The predicted octanol–water partition coefficient (Wildman–Crippen LogP) is 3.48. The van der Waals surface area contributed by atoms with Crippen molar-refractivity contribution < 1.29 is 42.9 Å². The zero-order valence-electron chi connectivity index (χ0n) is 23.2. The van der Waals surface area contributed by atoms with Gasteiger partial charge in [-0.2, -0.15) is 11.8 Å². The zero-order valence-corrected chi connectivity index (χ0v) is 25.0. The number of hydrogen-bond donors (Lipinski definition) is 3. The number of carboxylic acid groups (broad SMARTS) is 1. The zero-order chi connectivity index (χ0) is 28.8. The van der Waals surface area contributed by atoms with Gasteiger partial charge >= 0.3 is 18.0 Å². The summed E-state index contributed by atoms with van der Waals surface area (Å²) in [5, 5.41) is 13.6. The molecule has 0 spiro atoms. The van der Waals surface area contributed by atoms with Crippen LogP contribution in [0.15, 0.2) is 6.07 Å². The fraction of sp³-hybridized carbons (Fsp3) is 0.600. The number of esters is 2. The van der Waals surface area contributed by atoms with E-state index in [1.807, 2.05) is 5.32 Å². The molecule has 1 aliphatic rings. The third-order valence-corrected chi connectivity index (χ3v) is 12.0. The summed E-state index contributed by atoms with van der Waals surface area (Å²) in [6.45, 7) is 13.3. The molecule has 1 aromatic rings. The van der Waals surface area contributed by atoms with Gasteiger partial charge in [-0.05, 0) is 32.0 Å². The van der Waals surface area contributed by atoms with Crippen molar-refractivity contribution >= 4 is 44.0 Å². The van der Waals surface area contributed by atoms with Crippen LogP contribution in [0.5, 0.6) is 11.5 Å². The number of rotatable bonds is 6. The van der Waals surface area contributed by atoms with Crippen LogP contribution in [-0.2, 0) is 24.8 Å². The van der Waals surface area contributed by atoms with Crippen LogP contribution < -0.4 is 19.8 Å². The van der Waals surface area contributed by atoms with Crippen molar-refractivity contribution in [2.24, 2.45) is 0 Å². The summed E-state index contributed by atoms with van der Waals surface area (Å²) in [6.07, 6.45) is -1.49. The van der Waals surface area contributed by atoms with E-state index >= 15 is 0 Å². The number of amides is 2. The van der Waals surface area contributed by atoms with E-state index in [1.165, 1.54) is 18.9 Å². The van der Waals surface area contributed by atoms with Crippen LogP contribution in [0, 0.1) is 6.92 Å². The average molecular weight is 571 g/mol. The largest absolute Gasteiger partial charge is 0.543 e. The SMILES string of the molecule is CCOC(=O)[C@@H]1CSCc2c(O[Si](C)(C)C(C)(C)C)cc(OC)c(C)c2C(=O)OC[C@H](NC(=O)O)C(=O)N1. The molecule has 0 saturated heterocycles. The number of methoxy groups -OCH3 is 1. The van der Waals surface area contributed by atoms with Crippen molar-refractivity contribution in [1.29, 1.82) is 0 Å². The van der Waals surface area contributed by atoms with E-state index in [9.17, 15) is 24.3 Å². The van der Waals surface area contributed by atoms with Crippen molar-refractivity contribution in [3.63, 3.8) is 0 Å². The van der Waals surface area contributed by atoms with E-state index in [1.54, 1.807) is 19.9 Å². The van der Waals surface area contributed by atoms with Crippen molar-refractivity contribution in [2.45, 2.75) is 70.6 Å². The second-order valence-electron chi connectivity index (χ2n) is 10.3. The smallest absolute Gasteiger partial charge is 0.405 e. The summed E-state index contributed by atoms with van der Waals surface area (Å²) in [5.41, 5.74) is 1.30. The van der Waals surface area contributed by atoms with E-state index in [2.05, 4.69) is 39.2 Å². The van der Waals surface area contributed by atoms with E-state index in [4.69, 9.17) is 18.6 Å². The van der Waals surface area contributed by atoms with E-state index < -0.39 is 50.9 Å². The molecule has 0 saturated carbocycles. The fourth-order valence-corrected chi connectivity index (χ4v) is 5.57. The Labute approximate surface area is 228 Å². The molecule has 2 atom stereocenters. The molecule has 0 bridgehead atoms. The third-order valence-electron chi connectivity index (χ3n) is 6.62. The van der Waals surface area contributed by atoms with Gasteiger partial charge in [0.1, 0.15) is 30.2 Å². The lowest BCUT2D eigenvalue weighted by atomic mass is 10.0. The Kier molecular flexibility index (Phi) is 10.5. The van der Waals surface area contributed by atoms with Crippen LogP contribution in [0.3, 0.4) is 0 Å². The Hall–Kier alpha value is -2.93. The van der Waals surface area contributed by atoms with Crippen molar-refractivity contribution in [3.05, 3.63) is 22.8 Å². The number of ether oxygens (including phenoxy) is 3. The molecule has 2 amide bonds. The Morgan fingerprint density at radius 3 is 2.47 bits per heavy atom. The maximum absolute atomic E-state index is 13.4. The highest BCUT2D eigenvalue weighted by Gasteiger charge is 2.40. The van der Waals surface area contributed by atoms with Crippen LogP contribution in [0.1, 0.15) is 49.2 Å². The lowest BCUT2D eigenvalue weighted by Gasteiger charge is -2.37. The number of hydrogen-bond acceptors (Lipinski definition) is 9. The first kappa shape index (κ1) is 31.3. The number of benzene rings is 1. The third kappa shape index (κ3) is 7.56. The maximum atomic E-state index is 13.4. The van der Waals surface area contributed by atoms with Gasteiger partial charge in [0.2, 0.25) is 14.2 Å². The summed E-state index contributed by atoms with van der Waals surface area (Å²) < 4.78 is 22.7. The van der Waals surface area contributed by atoms with Gasteiger partial charge in [0.05, 0.1) is 19.3 Å². The number of carbonyl (C=O) groups excluding carboxylic acids is 3. The lowest BCUT2D eigenvalue weighted by molar-refractivity contribution is -0.147. The van der Waals surface area contributed by atoms with E-state index in [0.29, 0.717) is 22.6 Å². The molecule has 13 heteroatoms. The van der Waals surface area contributed by atoms with Gasteiger partial charge in [-0.25, -0.2) is 14.4 Å². The highest BCUT2D eigenvalue weighted by Crippen LogP contribution is 2.42. The Balaban J connectivity index is 2.65. The average Bonchev–Trinajstić information content (AvgIpc) is 2.80. The number of fused-ring (bicyclic) bond motifs is 1. The minimum absolute atomic E-state index is 0.108. The predicted molar refractivity (Wildman–Crippen MR) is 146 cm³/mol. The second kappa shape index (κ2) is 12.7. The van der Waals surface area contributed by atoms with Gasteiger partial charge in [0.15, 0.2) is 0 Å². The molecule has 1 aliphatic heterocycles. The Morgan fingerprint density at radius 1 is 1.26 bits per heavy atom. The molecular formula is C25H38N2O9SSi. The molecular weight excluding hydrogens is 532 g/mol. The minimum Gasteiger partial charge on any atom is -0.543 e. The van der Waals surface area contributed by atoms with Crippen molar-refractivity contribution in [1.82, 2.24) is 10.6 Å². The van der Waals surface area contributed by atoms with Gasteiger partial charge in [0.25, 0.3) is 0 Å². The molecule has 2 rings (SSSR count). The molecule has 212 valence electrons. The fourth-order valence-electron chi connectivity index (χ4n) is 3.46. The summed E-state index contributed by atoms with van der Waals surface area (Å²) in [5.74, 6) is -0.930. The van der Waals surface area contributed by atoms with Crippen LogP contribution in [0.2, 0.25) is 18.1 Å².